The first-order valence-electron chi connectivity index (χ1n) is 6.27. The molecular weight excluding hydrogens is 317 g/mol. The molecule has 0 unspecified atom stereocenters. The molecule has 0 spiro atoms. The zero-order chi connectivity index (χ0) is 14.8. The molecule has 20 heavy (non-hydrogen) atoms. The Bertz CT molecular complexity index is 544. The molecule has 0 atom stereocenters. The van der Waals surface area contributed by atoms with Crippen LogP contribution in [0.1, 0.15) is 25.7 Å². The van der Waals surface area contributed by atoms with Crippen molar-refractivity contribution in [2.45, 2.75) is 31.2 Å². The van der Waals surface area contributed by atoms with Gasteiger partial charge in [0.2, 0.25) is 0 Å². The molecule has 7 heteroatoms. The molecule has 2 amide bonds. The Morgan fingerprint density at radius 1 is 1.30 bits per heavy atom. The number of hydrogen-bond acceptors (Lipinski definition) is 2. The summed E-state index contributed by atoms with van der Waals surface area (Å²) in [6, 6.07) is 4.48. The smallest absolute Gasteiger partial charge is 0.320 e. The second-order valence-corrected chi connectivity index (χ2v) is 6.14. The highest BCUT2D eigenvalue weighted by molar-refractivity contribution is 7.80. The van der Waals surface area contributed by atoms with Crippen LogP contribution < -0.4 is 16.4 Å². The number of urea groups is 1. The van der Waals surface area contributed by atoms with Crippen molar-refractivity contribution in [3.05, 3.63) is 28.2 Å². The summed E-state index contributed by atoms with van der Waals surface area (Å²) in [5.74, 6) is 0. The van der Waals surface area contributed by atoms with Gasteiger partial charge in [-0.25, -0.2) is 4.79 Å². The number of amides is 2. The monoisotopic (exact) mass is 331 g/mol. The predicted molar refractivity (Wildman–Crippen MR) is 86.6 cm³/mol. The summed E-state index contributed by atoms with van der Waals surface area (Å²) >= 11 is 17.0. The highest BCUT2D eigenvalue weighted by atomic mass is 35.5. The van der Waals surface area contributed by atoms with E-state index in [4.69, 9.17) is 41.2 Å². The van der Waals surface area contributed by atoms with Crippen LogP contribution in [0.2, 0.25) is 10.0 Å². The SMILES string of the molecule is NC(=S)C1(NC(=O)Nc2cc(Cl)ccc2Cl)CCCC1. The number of rotatable bonds is 3. The highest BCUT2D eigenvalue weighted by Gasteiger charge is 2.38. The van der Waals surface area contributed by atoms with E-state index in [1.807, 2.05) is 0 Å². The standard InChI is InChI=1S/C13H15Cl2N3OS/c14-8-3-4-9(15)10(7-8)17-12(19)18-13(11(16)20)5-1-2-6-13/h3-4,7H,1-2,5-6H2,(H2,16,20)(H2,17,18,19). The Morgan fingerprint density at radius 3 is 2.55 bits per heavy atom. The topological polar surface area (TPSA) is 67.1 Å². The van der Waals surface area contributed by atoms with E-state index in [0.717, 1.165) is 25.7 Å². The number of thiocarbonyl (C=S) groups is 1. The van der Waals surface area contributed by atoms with Gasteiger partial charge in [0, 0.05) is 5.02 Å². The summed E-state index contributed by atoms with van der Waals surface area (Å²) in [5, 5.41) is 6.46. The van der Waals surface area contributed by atoms with E-state index in [9.17, 15) is 4.79 Å². The van der Waals surface area contributed by atoms with E-state index >= 15 is 0 Å². The van der Waals surface area contributed by atoms with Gasteiger partial charge >= 0.3 is 6.03 Å². The van der Waals surface area contributed by atoms with Gasteiger partial charge in [-0.05, 0) is 31.0 Å². The Balaban J connectivity index is 2.08. The van der Waals surface area contributed by atoms with Crippen LogP contribution >= 0.6 is 35.4 Å². The molecule has 1 aliphatic carbocycles. The zero-order valence-electron chi connectivity index (χ0n) is 10.7. The fourth-order valence-electron chi connectivity index (χ4n) is 2.38. The van der Waals surface area contributed by atoms with Crippen LogP contribution in [0.25, 0.3) is 0 Å². The minimum Gasteiger partial charge on any atom is -0.391 e. The molecule has 1 aliphatic rings. The van der Waals surface area contributed by atoms with Crippen molar-refractivity contribution < 1.29 is 4.79 Å². The largest absolute Gasteiger partial charge is 0.391 e. The number of anilines is 1. The van der Waals surface area contributed by atoms with Gasteiger partial charge in [-0.1, -0.05) is 48.3 Å². The molecule has 0 bridgehead atoms. The van der Waals surface area contributed by atoms with Gasteiger partial charge in [-0.2, -0.15) is 0 Å². The Kier molecular flexibility index (Phi) is 4.73. The predicted octanol–water partition coefficient (Wildman–Crippen LogP) is 3.71. The van der Waals surface area contributed by atoms with Crippen LogP contribution in [-0.2, 0) is 0 Å². The van der Waals surface area contributed by atoms with Gasteiger partial charge in [0.05, 0.1) is 21.2 Å². The summed E-state index contributed by atoms with van der Waals surface area (Å²) in [7, 11) is 0. The molecular formula is C13H15Cl2N3OS. The van der Waals surface area contributed by atoms with Crippen LogP contribution in [0.3, 0.4) is 0 Å². The number of hydrogen-bond donors (Lipinski definition) is 3. The second kappa shape index (κ2) is 6.16. The van der Waals surface area contributed by atoms with E-state index in [2.05, 4.69) is 10.6 Å². The molecule has 2 rings (SSSR count). The van der Waals surface area contributed by atoms with Gasteiger partial charge in [-0.15, -0.1) is 0 Å². The van der Waals surface area contributed by atoms with Crippen LogP contribution in [0.5, 0.6) is 0 Å². The minimum absolute atomic E-state index is 0.322. The van der Waals surface area contributed by atoms with Crippen LogP contribution in [0.4, 0.5) is 10.5 Å². The summed E-state index contributed by atoms with van der Waals surface area (Å²) in [6.07, 6.45) is 3.52. The summed E-state index contributed by atoms with van der Waals surface area (Å²) in [6.45, 7) is 0. The fourth-order valence-corrected chi connectivity index (χ4v) is 2.97. The first kappa shape index (κ1) is 15.4. The van der Waals surface area contributed by atoms with E-state index in [-0.39, 0.29) is 6.03 Å². The van der Waals surface area contributed by atoms with Gasteiger partial charge in [-0.3, -0.25) is 0 Å². The number of nitrogens with two attached hydrogens (primary N) is 1. The molecule has 0 radical (unpaired) electrons. The minimum atomic E-state index is -0.593. The van der Waals surface area contributed by atoms with Crippen molar-refractivity contribution in [2.75, 3.05) is 5.32 Å². The molecule has 1 aromatic carbocycles. The molecule has 1 fully saturated rings. The van der Waals surface area contributed by atoms with Gasteiger partial charge in [0.1, 0.15) is 0 Å². The summed E-state index contributed by atoms with van der Waals surface area (Å²) < 4.78 is 0. The van der Waals surface area contributed by atoms with Crippen molar-refractivity contribution in [2.24, 2.45) is 5.73 Å². The molecule has 0 saturated heterocycles. The van der Waals surface area contributed by atoms with Gasteiger partial charge in [0.25, 0.3) is 0 Å². The lowest BCUT2D eigenvalue weighted by Crippen LogP contribution is -2.55. The molecule has 4 N–H and O–H groups in total. The van der Waals surface area contributed by atoms with E-state index in [1.54, 1.807) is 18.2 Å². The first-order chi connectivity index (χ1) is 9.43. The maximum Gasteiger partial charge on any atom is 0.320 e. The van der Waals surface area contributed by atoms with E-state index in [0.29, 0.717) is 20.7 Å². The lowest BCUT2D eigenvalue weighted by atomic mass is 9.98. The quantitative estimate of drug-likeness (QED) is 0.739. The number of nitrogens with one attached hydrogen (secondary N) is 2. The van der Waals surface area contributed by atoms with Crippen molar-refractivity contribution in [3.63, 3.8) is 0 Å². The molecule has 0 aliphatic heterocycles. The molecule has 0 aromatic heterocycles. The number of carbonyl (C=O) groups is 1. The van der Waals surface area contributed by atoms with Crippen molar-refractivity contribution >= 4 is 52.1 Å². The normalized spacial score (nSPS) is 16.7. The van der Waals surface area contributed by atoms with Crippen LogP contribution in [-0.4, -0.2) is 16.6 Å². The van der Waals surface area contributed by atoms with Crippen molar-refractivity contribution in [3.8, 4) is 0 Å². The Morgan fingerprint density at radius 2 is 1.95 bits per heavy atom. The maximum atomic E-state index is 12.1. The average molecular weight is 332 g/mol. The lowest BCUT2D eigenvalue weighted by molar-refractivity contribution is 0.245. The molecule has 108 valence electrons. The van der Waals surface area contributed by atoms with Crippen LogP contribution in [0.15, 0.2) is 18.2 Å². The van der Waals surface area contributed by atoms with Crippen molar-refractivity contribution in [1.82, 2.24) is 5.32 Å². The lowest BCUT2D eigenvalue weighted by Gasteiger charge is -2.29. The molecule has 4 nitrogen and oxygen atoms in total. The Labute approximate surface area is 133 Å². The third-order valence-electron chi connectivity index (χ3n) is 3.46. The number of halogens is 2. The van der Waals surface area contributed by atoms with Crippen molar-refractivity contribution in [1.29, 1.82) is 0 Å². The molecule has 0 heterocycles. The fraction of sp³-hybridized carbons (Fsp3) is 0.385. The second-order valence-electron chi connectivity index (χ2n) is 4.86. The highest BCUT2D eigenvalue weighted by Crippen LogP contribution is 2.30. The van der Waals surface area contributed by atoms with Crippen LogP contribution in [0, 0.1) is 0 Å². The maximum absolute atomic E-state index is 12.1. The average Bonchev–Trinajstić information content (AvgIpc) is 2.83. The molecule has 1 saturated carbocycles. The summed E-state index contributed by atoms with van der Waals surface area (Å²) in [4.78, 5) is 12.4. The third-order valence-corrected chi connectivity index (χ3v) is 4.41. The third kappa shape index (κ3) is 3.34. The Hall–Kier alpha value is -1.04. The van der Waals surface area contributed by atoms with Gasteiger partial charge in [0.15, 0.2) is 0 Å². The van der Waals surface area contributed by atoms with E-state index < -0.39 is 5.54 Å². The van der Waals surface area contributed by atoms with Gasteiger partial charge < -0.3 is 16.4 Å². The summed E-state index contributed by atoms with van der Waals surface area (Å²) in [5.41, 5.74) is 5.63. The molecule has 1 aromatic rings. The first-order valence-corrected chi connectivity index (χ1v) is 7.43. The van der Waals surface area contributed by atoms with E-state index in [1.165, 1.54) is 0 Å². The number of benzene rings is 1. The number of carbonyl (C=O) groups excluding carboxylic acids is 1. The zero-order valence-corrected chi connectivity index (χ0v) is 13.0.